The molecule has 1 N–H and O–H groups in total. The Balaban J connectivity index is 0.00000280. The largest absolute Gasteiger partial charge is 0.493 e. The van der Waals surface area contributed by atoms with Crippen molar-refractivity contribution >= 4 is 53.1 Å². The third-order valence-electron chi connectivity index (χ3n) is 4.80. The van der Waals surface area contributed by atoms with E-state index in [0.29, 0.717) is 29.1 Å². The van der Waals surface area contributed by atoms with Crippen molar-refractivity contribution in [3.8, 4) is 5.75 Å². The van der Waals surface area contributed by atoms with Crippen LogP contribution in [0.4, 0.5) is 0 Å². The molecule has 0 radical (unpaired) electrons. The fourth-order valence-electron chi connectivity index (χ4n) is 3.21. The van der Waals surface area contributed by atoms with Crippen LogP contribution in [0.25, 0.3) is 0 Å². The number of aromatic nitrogens is 2. The number of aryl methyl sites for hydroxylation is 1. The molecule has 2 heterocycles. The van der Waals surface area contributed by atoms with Crippen molar-refractivity contribution in [1.82, 2.24) is 20.0 Å². The summed E-state index contributed by atoms with van der Waals surface area (Å²) in [5.41, 5.74) is 1.12. The number of benzene rings is 1. The predicted octanol–water partition coefficient (Wildman–Crippen LogP) is 4.21. The van der Waals surface area contributed by atoms with Crippen molar-refractivity contribution in [2.24, 2.45) is 18.0 Å². The lowest BCUT2D eigenvalue weighted by atomic mass is 9.98. The number of hydrogen-bond donors (Lipinski definition) is 1. The molecule has 0 bridgehead atoms. The molecule has 154 valence electrons. The first kappa shape index (κ1) is 23.1. The summed E-state index contributed by atoms with van der Waals surface area (Å²) in [6.07, 6.45) is 3.92. The van der Waals surface area contributed by atoms with Crippen LogP contribution in [0.15, 0.2) is 35.5 Å². The summed E-state index contributed by atoms with van der Waals surface area (Å²) < 4.78 is 7.76. The lowest BCUT2D eigenvalue weighted by molar-refractivity contribution is 0.179. The van der Waals surface area contributed by atoms with Crippen LogP contribution < -0.4 is 10.1 Å². The molecule has 28 heavy (non-hydrogen) atoms. The van der Waals surface area contributed by atoms with Gasteiger partial charge in [0.2, 0.25) is 0 Å². The maximum Gasteiger partial charge on any atom is 0.193 e. The zero-order valence-corrected chi connectivity index (χ0v) is 19.9. The lowest BCUT2D eigenvalue weighted by Gasteiger charge is -2.34. The Morgan fingerprint density at radius 1 is 1.25 bits per heavy atom. The Hall–Kier alpha value is -1.19. The molecule has 9 heteroatoms. The average Bonchev–Trinajstić information content (AvgIpc) is 3.06. The first-order valence-electron chi connectivity index (χ1n) is 9.06. The minimum atomic E-state index is 0. The second-order valence-electron chi connectivity index (χ2n) is 6.69. The highest BCUT2D eigenvalue weighted by Crippen LogP contribution is 2.26. The Bertz CT molecular complexity index is 770. The van der Waals surface area contributed by atoms with Gasteiger partial charge < -0.3 is 15.0 Å². The van der Waals surface area contributed by atoms with Crippen LogP contribution in [-0.4, -0.2) is 47.4 Å². The van der Waals surface area contributed by atoms with Crippen LogP contribution >= 0.6 is 47.2 Å². The Morgan fingerprint density at radius 3 is 2.50 bits per heavy atom. The first-order chi connectivity index (χ1) is 13.0. The van der Waals surface area contributed by atoms with Gasteiger partial charge in [0.05, 0.1) is 18.8 Å². The smallest absolute Gasteiger partial charge is 0.193 e. The van der Waals surface area contributed by atoms with Gasteiger partial charge in [-0.05, 0) is 43.0 Å². The summed E-state index contributed by atoms with van der Waals surface area (Å²) in [6, 6.07) is 7.31. The average molecular weight is 538 g/mol. The van der Waals surface area contributed by atoms with Gasteiger partial charge in [-0.1, -0.05) is 23.2 Å². The molecule has 0 atom stereocenters. The topological polar surface area (TPSA) is 54.7 Å². The number of guanidine groups is 1. The van der Waals surface area contributed by atoms with Crippen LogP contribution in [-0.2, 0) is 13.6 Å². The van der Waals surface area contributed by atoms with Gasteiger partial charge in [-0.3, -0.25) is 9.67 Å². The van der Waals surface area contributed by atoms with Gasteiger partial charge >= 0.3 is 0 Å². The van der Waals surface area contributed by atoms with E-state index in [9.17, 15) is 0 Å². The first-order valence-corrected chi connectivity index (χ1v) is 9.82. The monoisotopic (exact) mass is 537 g/mol. The number of halogens is 3. The molecule has 1 aromatic carbocycles. The van der Waals surface area contributed by atoms with Gasteiger partial charge in [-0.2, -0.15) is 5.10 Å². The second kappa shape index (κ2) is 11.1. The van der Waals surface area contributed by atoms with Gasteiger partial charge in [0.15, 0.2) is 5.96 Å². The van der Waals surface area contributed by atoms with Crippen molar-refractivity contribution in [2.75, 3.05) is 26.7 Å². The molecule has 1 aromatic heterocycles. The molecule has 0 spiro atoms. The number of hydrogen-bond acceptors (Lipinski definition) is 3. The number of nitrogens with one attached hydrogen (secondary N) is 1. The summed E-state index contributed by atoms with van der Waals surface area (Å²) in [7, 11) is 3.77. The summed E-state index contributed by atoms with van der Waals surface area (Å²) >= 11 is 12.0. The summed E-state index contributed by atoms with van der Waals surface area (Å²) in [4.78, 5) is 6.71. The molecule has 2 aromatic rings. The van der Waals surface area contributed by atoms with E-state index in [-0.39, 0.29) is 24.0 Å². The Labute approximate surface area is 193 Å². The maximum atomic E-state index is 6.02. The van der Waals surface area contributed by atoms with Crippen molar-refractivity contribution in [1.29, 1.82) is 0 Å². The number of rotatable bonds is 5. The zero-order chi connectivity index (χ0) is 19.2. The molecule has 1 saturated heterocycles. The van der Waals surface area contributed by atoms with Crippen LogP contribution in [0.2, 0.25) is 10.0 Å². The minimum absolute atomic E-state index is 0. The summed E-state index contributed by atoms with van der Waals surface area (Å²) in [6.45, 7) is 3.29. The molecule has 1 fully saturated rings. The third kappa shape index (κ3) is 6.42. The highest BCUT2D eigenvalue weighted by atomic mass is 127. The number of likely N-dealkylation sites (tertiary alicyclic amines) is 1. The summed E-state index contributed by atoms with van der Waals surface area (Å²) in [5, 5.41) is 8.80. The molecule has 0 saturated carbocycles. The van der Waals surface area contributed by atoms with Gasteiger partial charge in [0.1, 0.15) is 5.75 Å². The van der Waals surface area contributed by atoms with Gasteiger partial charge in [0.25, 0.3) is 0 Å². The fourth-order valence-corrected chi connectivity index (χ4v) is 3.72. The molecule has 1 aliphatic rings. The van der Waals surface area contributed by atoms with E-state index in [4.69, 9.17) is 27.9 Å². The minimum Gasteiger partial charge on any atom is -0.493 e. The second-order valence-corrected chi connectivity index (χ2v) is 7.57. The molecular formula is C19H26Cl2IN5O. The standard InChI is InChI=1S/C19H25Cl2N5O.HI/c1-22-19(23-12-17-3-6-24-25(17)2)26-7-4-14(5-8-26)13-27-18-10-15(20)9-16(21)11-18;/h3,6,9-11,14H,4-5,7-8,12-13H2,1-2H3,(H,22,23);1H. The van der Waals surface area contributed by atoms with Gasteiger partial charge in [-0.15, -0.1) is 24.0 Å². The van der Waals surface area contributed by atoms with Crippen LogP contribution in [0, 0.1) is 5.92 Å². The van der Waals surface area contributed by atoms with Gasteiger partial charge in [0, 0.05) is 43.4 Å². The van der Waals surface area contributed by atoms with Crippen LogP contribution in [0.5, 0.6) is 5.75 Å². The van der Waals surface area contributed by atoms with Crippen molar-refractivity contribution in [3.05, 3.63) is 46.2 Å². The van der Waals surface area contributed by atoms with E-state index in [1.165, 1.54) is 0 Å². The molecular weight excluding hydrogens is 512 g/mol. The Morgan fingerprint density at radius 2 is 1.93 bits per heavy atom. The van der Waals surface area contributed by atoms with E-state index in [0.717, 1.165) is 43.3 Å². The number of aliphatic imine (C=N–C) groups is 1. The molecule has 0 unspecified atom stereocenters. The van der Waals surface area contributed by atoms with E-state index >= 15 is 0 Å². The van der Waals surface area contributed by atoms with Crippen molar-refractivity contribution in [3.63, 3.8) is 0 Å². The number of ether oxygens (including phenoxy) is 1. The van der Waals surface area contributed by atoms with E-state index in [2.05, 4.69) is 20.3 Å². The Kier molecular flexibility index (Phi) is 9.17. The molecule has 1 aliphatic heterocycles. The quantitative estimate of drug-likeness (QED) is 0.352. The lowest BCUT2D eigenvalue weighted by Crippen LogP contribution is -2.46. The molecule has 6 nitrogen and oxygen atoms in total. The van der Waals surface area contributed by atoms with Crippen LogP contribution in [0.1, 0.15) is 18.5 Å². The van der Waals surface area contributed by atoms with Gasteiger partial charge in [-0.25, -0.2) is 0 Å². The van der Waals surface area contributed by atoms with Crippen molar-refractivity contribution < 1.29 is 4.74 Å². The number of nitrogens with zero attached hydrogens (tertiary/aromatic N) is 4. The summed E-state index contributed by atoms with van der Waals surface area (Å²) in [5.74, 6) is 2.16. The molecule has 0 amide bonds. The zero-order valence-electron chi connectivity index (χ0n) is 16.1. The maximum absolute atomic E-state index is 6.02. The van der Waals surface area contributed by atoms with Crippen LogP contribution in [0.3, 0.4) is 0 Å². The highest BCUT2D eigenvalue weighted by molar-refractivity contribution is 14.0. The molecule has 3 rings (SSSR count). The van der Waals surface area contributed by atoms with Crippen molar-refractivity contribution in [2.45, 2.75) is 19.4 Å². The normalized spacial score (nSPS) is 15.3. The highest BCUT2D eigenvalue weighted by Gasteiger charge is 2.22. The van der Waals surface area contributed by atoms with E-state index < -0.39 is 0 Å². The number of piperidine rings is 1. The van der Waals surface area contributed by atoms with E-state index in [1.807, 2.05) is 24.8 Å². The predicted molar refractivity (Wildman–Crippen MR) is 125 cm³/mol. The SMILES string of the molecule is CN=C(NCc1ccnn1C)N1CCC(COc2cc(Cl)cc(Cl)c2)CC1.I. The molecule has 0 aliphatic carbocycles. The fraction of sp³-hybridized carbons (Fsp3) is 0.474. The van der Waals surface area contributed by atoms with E-state index in [1.54, 1.807) is 24.4 Å². The third-order valence-corrected chi connectivity index (χ3v) is 5.23.